The van der Waals surface area contributed by atoms with Gasteiger partial charge in [0.1, 0.15) is 0 Å². The van der Waals surface area contributed by atoms with Crippen LogP contribution in [-0.4, -0.2) is 30.8 Å². The maximum atomic E-state index is 11.1. The van der Waals surface area contributed by atoms with E-state index in [0.29, 0.717) is 16.7 Å². The Labute approximate surface area is 113 Å². The first-order valence-corrected chi connectivity index (χ1v) is 5.80. The minimum atomic E-state index is -1.20. The van der Waals surface area contributed by atoms with E-state index < -0.39 is 5.97 Å². The predicted molar refractivity (Wildman–Crippen MR) is 69.8 cm³/mol. The molecule has 0 radical (unpaired) electrons. The third-order valence-corrected chi connectivity index (χ3v) is 2.66. The van der Waals surface area contributed by atoms with Crippen molar-refractivity contribution in [3.63, 3.8) is 0 Å². The molecule has 0 saturated heterocycles. The monoisotopic (exact) mass is 270 g/mol. The minimum Gasteiger partial charge on any atom is -0.475 e. The molecule has 0 bridgehead atoms. The van der Waals surface area contributed by atoms with Gasteiger partial charge in [0.25, 0.3) is 0 Å². The average Bonchev–Trinajstić information content (AvgIpc) is 2.84. The van der Waals surface area contributed by atoms with Crippen LogP contribution in [0.3, 0.4) is 0 Å². The van der Waals surface area contributed by atoms with E-state index in [0.717, 1.165) is 0 Å². The van der Waals surface area contributed by atoms with Gasteiger partial charge in [-0.1, -0.05) is 12.1 Å². The van der Waals surface area contributed by atoms with Crippen LogP contribution in [0.25, 0.3) is 10.9 Å². The van der Waals surface area contributed by atoms with E-state index in [-0.39, 0.29) is 11.7 Å². The molecular weight excluding hydrogens is 260 g/mol. The summed E-state index contributed by atoms with van der Waals surface area (Å²) in [6.45, 7) is 0. The maximum absolute atomic E-state index is 11.1. The van der Waals surface area contributed by atoms with Gasteiger partial charge in [0, 0.05) is 7.05 Å². The van der Waals surface area contributed by atoms with Crippen LogP contribution in [0.1, 0.15) is 10.6 Å². The summed E-state index contributed by atoms with van der Waals surface area (Å²) < 4.78 is 7.19. The first kappa shape index (κ1) is 12.1. The summed E-state index contributed by atoms with van der Waals surface area (Å²) in [5.41, 5.74) is 0.513. The average molecular weight is 270 g/mol. The number of aryl methyl sites for hydroxylation is 1. The molecule has 2 aromatic heterocycles. The highest BCUT2D eigenvalue weighted by atomic mass is 16.5. The van der Waals surface area contributed by atoms with Gasteiger partial charge >= 0.3 is 5.97 Å². The Balaban J connectivity index is 2.14. The van der Waals surface area contributed by atoms with Gasteiger partial charge in [-0.25, -0.2) is 9.78 Å². The molecule has 0 aliphatic heterocycles. The maximum Gasteiger partial charge on any atom is 0.374 e. The number of nitrogens with zero attached hydrogens (tertiary/aromatic N) is 4. The number of benzene rings is 1. The molecule has 1 aromatic carbocycles. The topological polar surface area (TPSA) is 90.1 Å². The fraction of sp³-hybridized carbons (Fsp3) is 0.0769. The van der Waals surface area contributed by atoms with Crippen molar-refractivity contribution >= 4 is 16.9 Å². The number of para-hydroxylation sites is 1. The lowest BCUT2D eigenvalue weighted by molar-refractivity contribution is 0.0683. The zero-order valence-corrected chi connectivity index (χ0v) is 10.5. The number of carbonyl (C=O) groups is 1. The van der Waals surface area contributed by atoms with E-state index in [1.165, 1.54) is 6.20 Å². The molecule has 7 nitrogen and oxygen atoms in total. The van der Waals surface area contributed by atoms with Gasteiger partial charge in [0.2, 0.25) is 11.7 Å². The largest absolute Gasteiger partial charge is 0.475 e. The fourth-order valence-electron chi connectivity index (χ4n) is 1.78. The molecule has 100 valence electrons. The molecule has 0 aliphatic carbocycles. The zero-order chi connectivity index (χ0) is 14.1. The number of carboxylic acid groups (broad SMARTS) is 1. The molecule has 20 heavy (non-hydrogen) atoms. The van der Waals surface area contributed by atoms with E-state index in [1.54, 1.807) is 36.1 Å². The third-order valence-electron chi connectivity index (χ3n) is 2.66. The van der Waals surface area contributed by atoms with Gasteiger partial charge in [-0.2, -0.15) is 10.1 Å². The smallest absolute Gasteiger partial charge is 0.374 e. The molecular formula is C13H10N4O3. The standard InChI is InChI=1S/C13H10N4O3/c1-17-7-8(6-14-17)20-12-9-4-2-3-5-10(9)15-11(16-12)13(18)19/h2-7H,1H3,(H,18,19). The summed E-state index contributed by atoms with van der Waals surface area (Å²) in [6.07, 6.45) is 3.19. The number of carboxylic acids is 1. The van der Waals surface area contributed by atoms with Crippen molar-refractivity contribution in [2.45, 2.75) is 0 Å². The molecule has 0 atom stereocenters. The Morgan fingerprint density at radius 2 is 2.10 bits per heavy atom. The number of hydrogen-bond acceptors (Lipinski definition) is 5. The number of aromatic carboxylic acids is 1. The van der Waals surface area contributed by atoms with Crippen molar-refractivity contribution in [2.24, 2.45) is 7.05 Å². The molecule has 0 spiro atoms. The highest BCUT2D eigenvalue weighted by Gasteiger charge is 2.14. The van der Waals surface area contributed by atoms with Gasteiger partial charge in [0.05, 0.1) is 23.3 Å². The molecule has 1 N–H and O–H groups in total. The number of hydrogen-bond donors (Lipinski definition) is 1. The zero-order valence-electron chi connectivity index (χ0n) is 10.5. The quantitative estimate of drug-likeness (QED) is 0.781. The molecule has 3 aromatic rings. The highest BCUT2D eigenvalue weighted by Crippen LogP contribution is 2.26. The number of fused-ring (bicyclic) bond motifs is 1. The molecule has 0 fully saturated rings. The van der Waals surface area contributed by atoms with Crippen molar-refractivity contribution in [3.05, 3.63) is 42.5 Å². The van der Waals surface area contributed by atoms with E-state index in [9.17, 15) is 4.79 Å². The summed E-state index contributed by atoms with van der Waals surface area (Å²) in [4.78, 5) is 19.0. The normalized spacial score (nSPS) is 10.7. The lowest BCUT2D eigenvalue weighted by Gasteiger charge is -2.06. The summed E-state index contributed by atoms with van der Waals surface area (Å²) in [5.74, 6) is -0.830. The van der Waals surface area contributed by atoms with E-state index in [2.05, 4.69) is 15.1 Å². The van der Waals surface area contributed by atoms with Gasteiger partial charge < -0.3 is 9.84 Å². The van der Waals surface area contributed by atoms with Crippen molar-refractivity contribution in [1.29, 1.82) is 0 Å². The van der Waals surface area contributed by atoms with Crippen molar-refractivity contribution < 1.29 is 14.6 Å². The lowest BCUT2D eigenvalue weighted by Crippen LogP contribution is -2.05. The first-order valence-electron chi connectivity index (χ1n) is 5.80. The second kappa shape index (κ2) is 4.61. The Kier molecular flexibility index (Phi) is 2.79. The van der Waals surface area contributed by atoms with Crippen molar-refractivity contribution in [3.8, 4) is 11.6 Å². The third kappa shape index (κ3) is 2.16. The molecule has 2 heterocycles. The summed E-state index contributed by atoms with van der Waals surface area (Å²) in [6, 6.07) is 7.06. The molecule has 3 rings (SSSR count). The second-order valence-electron chi connectivity index (χ2n) is 4.13. The van der Waals surface area contributed by atoms with Crippen LogP contribution in [-0.2, 0) is 7.05 Å². The van der Waals surface area contributed by atoms with Gasteiger partial charge in [-0.15, -0.1) is 0 Å². The van der Waals surface area contributed by atoms with E-state index in [4.69, 9.17) is 9.84 Å². The second-order valence-corrected chi connectivity index (χ2v) is 4.13. The van der Waals surface area contributed by atoms with Crippen molar-refractivity contribution in [1.82, 2.24) is 19.7 Å². The molecule has 0 aliphatic rings. The Bertz CT molecular complexity index is 797. The van der Waals surface area contributed by atoms with Crippen LogP contribution < -0.4 is 4.74 Å². The fourth-order valence-corrected chi connectivity index (χ4v) is 1.78. The number of ether oxygens (including phenoxy) is 1. The summed E-state index contributed by atoms with van der Waals surface area (Å²) in [7, 11) is 1.76. The highest BCUT2D eigenvalue weighted by molar-refractivity contribution is 5.90. The Morgan fingerprint density at radius 3 is 2.80 bits per heavy atom. The minimum absolute atomic E-state index is 0.195. The summed E-state index contributed by atoms with van der Waals surface area (Å²) >= 11 is 0. The van der Waals surface area contributed by atoms with Crippen LogP contribution in [0, 0.1) is 0 Å². The number of aromatic nitrogens is 4. The van der Waals surface area contributed by atoms with Crippen LogP contribution in [0.2, 0.25) is 0 Å². The molecule has 0 amide bonds. The first-order chi connectivity index (χ1) is 9.63. The van der Waals surface area contributed by atoms with Gasteiger partial charge in [0.15, 0.2) is 5.75 Å². The van der Waals surface area contributed by atoms with Crippen molar-refractivity contribution in [2.75, 3.05) is 0 Å². The van der Waals surface area contributed by atoms with Crippen LogP contribution in [0.4, 0.5) is 0 Å². The Morgan fingerprint density at radius 1 is 1.30 bits per heavy atom. The molecule has 0 saturated carbocycles. The van der Waals surface area contributed by atoms with Crippen LogP contribution in [0.15, 0.2) is 36.7 Å². The number of rotatable bonds is 3. The lowest BCUT2D eigenvalue weighted by atomic mass is 10.2. The van der Waals surface area contributed by atoms with Crippen LogP contribution >= 0.6 is 0 Å². The Hall–Kier alpha value is -2.96. The van der Waals surface area contributed by atoms with Gasteiger partial charge in [-0.3, -0.25) is 4.68 Å². The van der Waals surface area contributed by atoms with E-state index >= 15 is 0 Å². The van der Waals surface area contributed by atoms with Gasteiger partial charge in [-0.05, 0) is 12.1 Å². The van der Waals surface area contributed by atoms with Crippen LogP contribution in [0.5, 0.6) is 11.6 Å². The molecule has 0 unspecified atom stereocenters. The summed E-state index contributed by atoms with van der Waals surface area (Å²) in [5, 5.41) is 13.7. The SMILES string of the molecule is Cn1cc(Oc2nc(C(=O)O)nc3ccccc23)cn1. The predicted octanol–water partition coefficient (Wildman–Crippen LogP) is 1.85. The molecule has 7 heteroatoms. The van der Waals surface area contributed by atoms with E-state index in [1.807, 2.05) is 6.07 Å².